The van der Waals surface area contributed by atoms with E-state index in [4.69, 9.17) is 5.11 Å². The zero-order chi connectivity index (χ0) is 29.5. The molecule has 4 rings (SSSR count). The Labute approximate surface area is 275 Å². The predicted octanol–water partition coefficient (Wildman–Crippen LogP) is 5.40. The molecule has 0 aliphatic heterocycles. The summed E-state index contributed by atoms with van der Waals surface area (Å²) in [6.07, 6.45) is -2.51. The van der Waals surface area contributed by atoms with Gasteiger partial charge in [0.05, 0.1) is 29.9 Å². The number of carboxylic acids is 1. The number of benzene rings is 3. The number of halogens is 1. The normalized spacial score (nSPS) is 12.4. The van der Waals surface area contributed by atoms with Crippen molar-refractivity contribution in [2.24, 2.45) is 0 Å². The van der Waals surface area contributed by atoms with Gasteiger partial charge in [0.15, 0.2) is 0 Å². The molecule has 4 aromatic rings. The first-order valence-electron chi connectivity index (χ1n) is 13.7. The fourth-order valence-electron chi connectivity index (χ4n) is 5.20. The number of hydrogen-bond acceptors (Lipinski definition) is 4. The van der Waals surface area contributed by atoms with Crippen LogP contribution in [-0.4, -0.2) is 81.7 Å². The summed E-state index contributed by atoms with van der Waals surface area (Å²) in [5.74, 6) is -1.93. The van der Waals surface area contributed by atoms with Crippen molar-refractivity contribution in [1.29, 1.82) is 0 Å². The maximum absolute atomic E-state index is 14.0. The number of aliphatic hydroxyl groups excluding tert-OH is 2. The molecular weight excluding hydrogens is 563 g/mol. The number of carboxylic acid groups (broad SMARTS) is 1. The molecule has 0 saturated heterocycles. The van der Waals surface area contributed by atoms with Gasteiger partial charge in [-0.1, -0.05) is 62.4 Å². The average molecular weight is 601 g/mol. The number of amides is 1. The van der Waals surface area contributed by atoms with Gasteiger partial charge in [0.2, 0.25) is 0 Å². The number of hydrogen-bond donors (Lipinski definition) is 4. The molecule has 42 heavy (non-hydrogen) atoms. The number of rotatable bonds is 12. The van der Waals surface area contributed by atoms with Crippen molar-refractivity contribution in [3.8, 4) is 22.4 Å². The number of aliphatic carboxylic acids is 1. The second-order valence-corrected chi connectivity index (χ2v) is 10.4. The molecule has 0 spiro atoms. The number of aliphatic hydroxyl groups is 2. The number of carbonyl (C=O) groups excluding carboxylic acids is 1. The zero-order valence-corrected chi connectivity index (χ0v) is 23.1. The van der Waals surface area contributed by atoms with E-state index < -0.39 is 24.6 Å². The molecular formula is C33H37CaFN2O5. The Morgan fingerprint density at radius 3 is 2.02 bits per heavy atom. The molecule has 0 radical (unpaired) electrons. The Balaban J connectivity index is 0.00000484. The number of anilines is 1. The first-order chi connectivity index (χ1) is 19.7. The summed E-state index contributed by atoms with van der Waals surface area (Å²) in [6.45, 7) is 4.25. The minimum atomic E-state index is -1.18. The van der Waals surface area contributed by atoms with Crippen LogP contribution in [0.4, 0.5) is 10.1 Å². The Hall–Kier alpha value is -3.01. The van der Waals surface area contributed by atoms with Crippen molar-refractivity contribution < 1.29 is 29.3 Å². The van der Waals surface area contributed by atoms with Gasteiger partial charge in [0.1, 0.15) is 5.82 Å². The molecule has 0 unspecified atom stereocenters. The third-order valence-electron chi connectivity index (χ3n) is 6.93. The Bertz CT molecular complexity index is 1470. The summed E-state index contributed by atoms with van der Waals surface area (Å²) in [5, 5.41) is 32.8. The van der Waals surface area contributed by atoms with Crippen molar-refractivity contribution in [3.05, 3.63) is 102 Å². The summed E-state index contributed by atoms with van der Waals surface area (Å²) in [6, 6.07) is 24.8. The second kappa shape index (κ2) is 15.5. The molecule has 3 aromatic carbocycles. The monoisotopic (exact) mass is 600 g/mol. The Kier molecular flexibility index (Phi) is 12.3. The Morgan fingerprint density at radius 1 is 0.857 bits per heavy atom. The van der Waals surface area contributed by atoms with Crippen LogP contribution in [0.25, 0.3) is 22.4 Å². The van der Waals surface area contributed by atoms with E-state index in [0.717, 1.165) is 11.3 Å². The Morgan fingerprint density at radius 2 is 1.45 bits per heavy atom. The van der Waals surface area contributed by atoms with Crippen LogP contribution in [0.15, 0.2) is 84.9 Å². The van der Waals surface area contributed by atoms with Crippen LogP contribution in [-0.2, 0) is 11.3 Å². The van der Waals surface area contributed by atoms with Crippen LogP contribution < -0.4 is 5.32 Å². The molecule has 0 fully saturated rings. The van der Waals surface area contributed by atoms with Gasteiger partial charge in [-0.3, -0.25) is 9.59 Å². The van der Waals surface area contributed by atoms with E-state index in [2.05, 4.69) is 5.32 Å². The molecule has 4 N–H and O–H groups in total. The third-order valence-corrected chi connectivity index (χ3v) is 6.93. The molecule has 0 bridgehead atoms. The van der Waals surface area contributed by atoms with E-state index in [0.29, 0.717) is 28.1 Å². The van der Waals surface area contributed by atoms with Crippen LogP contribution in [0.3, 0.4) is 0 Å². The van der Waals surface area contributed by atoms with Crippen LogP contribution >= 0.6 is 0 Å². The van der Waals surface area contributed by atoms with Gasteiger partial charge < -0.3 is 25.2 Å². The first-order valence-corrected chi connectivity index (χ1v) is 13.7. The van der Waals surface area contributed by atoms with E-state index in [1.54, 1.807) is 12.1 Å². The van der Waals surface area contributed by atoms with E-state index in [9.17, 15) is 24.2 Å². The van der Waals surface area contributed by atoms with Gasteiger partial charge in [-0.25, -0.2) is 4.39 Å². The number of aromatic nitrogens is 1. The van der Waals surface area contributed by atoms with Crippen LogP contribution in [0.1, 0.15) is 55.1 Å². The fourth-order valence-corrected chi connectivity index (χ4v) is 5.20. The summed E-state index contributed by atoms with van der Waals surface area (Å²) in [4.78, 5) is 25.0. The number of para-hydroxylation sites is 1. The van der Waals surface area contributed by atoms with Crippen molar-refractivity contribution in [3.63, 3.8) is 0 Å². The van der Waals surface area contributed by atoms with Gasteiger partial charge in [0, 0.05) is 23.5 Å². The summed E-state index contributed by atoms with van der Waals surface area (Å²) >= 11 is 0. The van der Waals surface area contributed by atoms with Crippen molar-refractivity contribution in [2.45, 2.75) is 57.8 Å². The van der Waals surface area contributed by atoms with Gasteiger partial charge in [-0.2, -0.15) is 0 Å². The topological polar surface area (TPSA) is 112 Å². The van der Waals surface area contributed by atoms with E-state index in [-0.39, 0.29) is 74.8 Å². The molecule has 1 amide bonds. The van der Waals surface area contributed by atoms with E-state index in [1.807, 2.05) is 79.1 Å². The first kappa shape index (κ1) is 33.5. The fraction of sp³-hybridized carbons (Fsp3) is 0.273. The van der Waals surface area contributed by atoms with Crippen molar-refractivity contribution in [1.82, 2.24) is 4.57 Å². The van der Waals surface area contributed by atoms with Crippen LogP contribution in [0.2, 0.25) is 0 Å². The SMILES string of the molecule is CC(C)c1c(C(=O)Nc2ccccc2)c(-c2ccccc2)c(-c2ccc(F)cc2)n1CC[C@H](O)C[C@H](O)CC(=O)O.[CaH2]. The van der Waals surface area contributed by atoms with Crippen molar-refractivity contribution >= 4 is 55.3 Å². The maximum atomic E-state index is 14.0. The third kappa shape index (κ3) is 8.30. The van der Waals surface area contributed by atoms with Gasteiger partial charge >= 0.3 is 43.7 Å². The van der Waals surface area contributed by atoms with Crippen molar-refractivity contribution in [2.75, 3.05) is 5.32 Å². The van der Waals surface area contributed by atoms with Gasteiger partial charge in [-0.05, 0) is 66.3 Å². The van der Waals surface area contributed by atoms with Gasteiger partial charge in [0.25, 0.3) is 5.91 Å². The number of nitrogens with one attached hydrogen (secondary N) is 1. The van der Waals surface area contributed by atoms with E-state index in [1.165, 1.54) is 12.1 Å². The molecule has 218 valence electrons. The van der Waals surface area contributed by atoms with Crippen LogP contribution in [0.5, 0.6) is 0 Å². The quantitative estimate of drug-likeness (QED) is 0.163. The molecule has 0 saturated carbocycles. The second-order valence-electron chi connectivity index (χ2n) is 10.4. The number of carbonyl (C=O) groups is 2. The van der Waals surface area contributed by atoms with E-state index >= 15 is 0 Å². The number of nitrogens with zero attached hydrogens (tertiary/aromatic N) is 1. The van der Waals surface area contributed by atoms with Crippen LogP contribution in [0, 0.1) is 5.82 Å². The average Bonchev–Trinajstić information content (AvgIpc) is 3.28. The summed E-state index contributed by atoms with van der Waals surface area (Å²) in [5.41, 5.74) is 4.77. The molecule has 9 heteroatoms. The minimum absolute atomic E-state index is 0. The van der Waals surface area contributed by atoms with Gasteiger partial charge in [-0.15, -0.1) is 0 Å². The molecule has 0 aliphatic rings. The predicted molar refractivity (Wildman–Crippen MR) is 166 cm³/mol. The summed E-state index contributed by atoms with van der Waals surface area (Å²) < 4.78 is 16.0. The summed E-state index contributed by atoms with van der Waals surface area (Å²) in [7, 11) is 0. The molecule has 1 heterocycles. The standard InChI is InChI=1S/C33H35FN2O5.Ca.2H/c1-21(2)31-30(33(41)35-25-11-7-4-8-12-25)29(22-9-5-3-6-10-22)32(23-13-15-24(34)16-14-23)36(31)18-17-26(37)19-27(38)20-28(39)40;;;/h3-16,21,26-27,37-38H,17-20H2,1-2H3,(H,35,41)(H,39,40);;;/t26-,27-;;;/m0.../s1. The molecule has 7 nitrogen and oxygen atoms in total. The molecule has 2 atom stereocenters. The molecule has 1 aromatic heterocycles. The zero-order valence-electron chi connectivity index (χ0n) is 23.1. The molecule has 0 aliphatic carbocycles.